The fourth-order valence-corrected chi connectivity index (χ4v) is 7.51. The first-order valence-electron chi connectivity index (χ1n) is 12.4. The Morgan fingerprint density at radius 2 is 1.42 bits per heavy atom. The fourth-order valence-electron chi connectivity index (χ4n) is 5.27. The lowest BCUT2D eigenvalue weighted by Gasteiger charge is -2.16. The molecule has 0 aliphatic carbocycles. The number of aryl methyl sites for hydroxylation is 1. The summed E-state index contributed by atoms with van der Waals surface area (Å²) in [5.74, 6) is 0. The number of rotatable bonds is 3. The minimum absolute atomic E-state index is 0. The third kappa shape index (κ3) is 4.10. The Morgan fingerprint density at radius 1 is 0.763 bits per heavy atom. The minimum Gasteiger partial charge on any atom is -1.00 e. The van der Waals surface area contributed by atoms with Crippen LogP contribution in [0.3, 0.4) is 0 Å². The van der Waals surface area contributed by atoms with E-state index in [1.807, 2.05) is 23.1 Å². The van der Waals surface area contributed by atoms with E-state index in [0.29, 0.717) is 0 Å². The number of halogens is 1. The molecule has 1 aromatic heterocycles. The van der Waals surface area contributed by atoms with Crippen molar-refractivity contribution < 1.29 is 17.0 Å². The molecule has 0 saturated carbocycles. The summed E-state index contributed by atoms with van der Waals surface area (Å²) >= 11 is 3.69. The zero-order chi connectivity index (χ0) is 24.9. The third-order valence-electron chi connectivity index (χ3n) is 7.15. The molecule has 2 nitrogen and oxygen atoms in total. The van der Waals surface area contributed by atoms with E-state index in [9.17, 15) is 0 Å². The van der Waals surface area contributed by atoms with Gasteiger partial charge in [0.15, 0.2) is 0 Å². The SMILES string of the molecule is CN1C(=CC(=Cc2sc3ccc4ccccc4c3[n+]2C)c2ccccc2)Sc2ccc3ccccc3c21.[Cl-]. The van der Waals surface area contributed by atoms with E-state index >= 15 is 0 Å². The summed E-state index contributed by atoms with van der Waals surface area (Å²) in [5, 5.41) is 7.61. The lowest BCUT2D eigenvalue weighted by Crippen LogP contribution is -3.00. The molecule has 186 valence electrons. The highest BCUT2D eigenvalue weighted by atomic mass is 35.5. The Hall–Kier alpha value is -3.57. The Labute approximate surface area is 237 Å². The van der Waals surface area contributed by atoms with E-state index in [1.165, 1.54) is 63.5 Å². The zero-order valence-corrected chi connectivity index (χ0v) is 23.4. The van der Waals surface area contributed by atoms with E-state index in [0.717, 1.165) is 0 Å². The quantitative estimate of drug-likeness (QED) is 0.263. The van der Waals surface area contributed by atoms with Gasteiger partial charge >= 0.3 is 0 Å². The molecule has 7 rings (SSSR count). The second-order valence-electron chi connectivity index (χ2n) is 9.38. The number of hydrogen-bond acceptors (Lipinski definition) is 3. The van der Waals surface area contributed by atoms with Crippen LogP contribution in [0.15, 0.2) is 119 Å². The van der Waals surface area contributed by atoms with Crippen LogP contribution in [0, 0.1) is 0 Å². The molecule has 0 amide bonds. The van der Waals surface area contributed by atoms with Gasteiger partial charge in [0.25, 0.3) is 5.01 Å². The monoisotopic (exact) mass is 548 g/mol. The van der Waals surface area contributed by atoms with Crippen LogP contribution in [-0.4, -0.2) is 7.05 Å². The van der Waals surface area contributed by atoms with Crippen LogP contribution in [0.4, 0.5) is 5.69 Å². The number of fused-ring (bicyclic) bond motifs is 6. The van der Waals surface area contributed by atoms with Crippen molar-refractivity contribution in [2.45, 2.75) is 4.90 Å². The number of hydrogen-bond donors (Lipinski definition) is 0. The molecule has 1 aliphatic heterocycles. The summed E-state index contributed by atoms with van der Waals surface area (Å²) in [6.07, 6.45) is 4.69. The molecular formula is C33H25ClN2S2. The van der Waals surface area contributed by atoms with Crippen molar-refractivity contribution in [1.29, 1.82) is 0 Å². The van der Waals surface area contributed by atoms with Crippen molar-refractivity contribution >= 4 is 72.2 Å². The molecule has 0 N–H and O–H groups in total. The highest BCUT2D eigenvalue weighted by Crippen LogP contribution is 2.49. The summed E-state index contributed by atoms with van der Waals surface area (Å²) in [5.41, 5.74) is 5.01. The molecule has 0 bridgehead atoms. The maximum atomic E-state index is 2.34. The number of anilines is 1. The molecule has 0 radical (unpaired) electrons. The van der Waals surface area contributed by atoms with E-state index in [1.54, 1.807) is 0 Å². The van der Waals surface area contributed by atoms with Gasteiger partial charge in [0, 0.05) is 23.4 Å². The second kappa shape index (κ2) is 9.95. The van der Waals surface area contributed by atoms with Gasteiger partial charge < -0.3 is 17.3 Å². The average molecular weight is 549 g/mol. The van der Waals surface area contributed by atoms with Crippen molar-refractivity contribution in [2.75, 3.05) is 11.9 Å². The summed E-state index contributed by atoms with van der Waals surface area (Å²) in [7, 11) is 4.37. The van der Waals surface area contributed by atoms with Crippen LogP contribution < -0.4 is 21.9 Å². The molecule has 5 aromatic carbocycles. The van der Waals surface area contributed by atoms with Gasteiger partial charge in [-0.3, -0.25) is 0 Å². The minimum atomic E-state index is 0. The highest BCUT2D eigenvalue weighted by Gasteiger charge is 2.25. The van der Waals surface area contributed by atoms with Crippen molar-refractivity contribution in [3.8, 4) is 0 Å². The van der Waals surface area contributed by atoms with E-state index in [4.69, 9.17) is 0 Å². The van der Waals surface area contributed by atoms with Gasteiger partial charge in [-0.25, -0.2) is 0 Å². The predicted molar refractivity (Wildman–Crippen MR) is 161 cm³/mol. The Kier molecular flexibility index (Phi) is 6.48. The first-order chi connectivity index (χ1) is 18.2. The van der Waals surface area contributed by atoms with Crippen LogP contribution >= 0.6 is 23.1 Å². The van der Waals surface area contributed by atoms with Crippen molar-refractivity contribution in [2.24, 2.45) is 7.05 Å². The smallest absolute Gasteiger partial charge is 0.263 e. The molecule has 38 heavy (non-hydrogen) atoms. The average Bonchev–Trinajstić information content (AvgIpc) is 3.44. The topological polar surface area (TPSA) is 7.12 Å². The van der Waals surface area contributed by atoms with Crippen molar-refractivity contribution in [3.05, 3.63) is 125 Å². The number of allylic oxidation sites excluding steroid dienone is 2. The first-order valence-corrected chi connectivity index (χ1v) is 14.0. The molecule has 0 saturated heterocycles. The zero-order valence-electron chi connectivity index (χ0n) is 21.1. The normalized spacial score (nSPS) is 14.4. The van der Waals surface area contributed by atoms with Gasteiger partial charge in [0.1, 0.15) is 11.7 Å². The highest BCUT2D eigenvalue weighted by molar-refractivity contribution is 8.03. The molecule has 0 atom stereocenters. The first kappa shape index (κ1) is 24.7. The summed E-state index contributed by atoms with van der Waals surface area (Å²) in [4.78, 5) is 3.65. The molecule has 0 spiro atoms. The maximum Gasteiger partial charge on any atom is 0.263 e. The molecule has 1 aliphatic rings. The largest absolute Gasteiger partial charge is 1.00 e. The molecular weight excluding hydrogens is 524 g/mol. The molecule has 6 aromatic rings. The van der Waals surface area contributed by atoms with Gasteiger partial charge in [-0.1, -0.05) is 108 Å². The predicted octanol–water partition coefficient (Wildman–Crippen LogP) is 5.66. The molecule has 2 heterocycles. The number of thiazole rings is 1. The van der Waals surface area contributed by atoms with Gasteiger partial charge in [0.05, 0.1) is 16.1 Å². The fraction of sp³-hybridized carbons (Fsp3) is 0.0606. The van der Waals surface area contributed by atoms with Crippen LogP contribution in [0.2, 0.25) is 0 Å². The molecule has 0 unspecified atom stereocenters. The number of aromatic nitrogens is 1. The third-order valence-corrected chi connectivity index (χ3v) is 9.45. The van der Waals surface area contributed by atoms with Gasteiger partial charge in [-0.15, -0.1) is 0 Å². The Bertz CT molecular complexity index is 1890. The van der Waals surface area contributed by atoms with E-state index < -0.39 is 0 Å². The van der Waals surface area contributed by atoms with Crippen LogP contribution in [0.5, 0.6) is 0 Å². The summed E-state index contributed by atoms with van der Waals surface area (Å²) < 4.78 is 3.65. The van der Waals surface area contributed by atoms with Gasteiger partial charge in [-0.2, -0.15) is 4.57 Å². The van der Waals surface area contributed by atoms with Crippen LogP contribution in [0.1, 0.15) is 10.6 Å². The number of benzene rings is 5. The van der Waals surface area contributed by atoms with Crippen LogP contribution in [0.25, 0.3) is 43.4 Å². The lowest BCUT2D eigenvalue weighted by molar-refractivity contribution is -0.641. The van der Waals surface area contributed by atoms with Gasteiger partial charge in [-0.05, 0) is 46.2 Å². The van der Waals surface area contributed by atoms with Gasteiger partial charge in [0.2, 0.25) is 5.52 Å². The Morgan fingerprint density at radius 3 is 2.21 bits per heavy atom. The van der Waals surface area contributed by atoms with Crippen molar-refractivity contribution in [1.82, 2.24) is 0 Å². The number of thioether (sulfide) groups is 1. The summed E-state index contributed by atoms with van der Waals surface area (Å²) in [6.45, 7) is 0. The van der Waals surface area contributed by atoms with Crippen LogP contribution in [-0.2, 0) is 7.05 Å². The summed E-state index contributed by atoms with van der Waals surface area (Å²) in [6, 6.07) is 37.0. The second-order valence-corrected chi connectivity index (χ2v) is 11.5. The lowest BCUT2D eigenvalue weighted by atomic mass is 10.1. The standard InChI is InChI=1S/C33H25N2S2.ClH/c1-34-30(36-28-18-16-23-12-6-8-14-26(23)32(28)34)20-25(22-10-4-3-5-11-22)21-31-35(2)33-27-15-9-7-13-24(27)17-19-29(33)37-31;/h3-21H,1-2H3;1H/q+1;/p-1. The van der Waals surface area contributed by atoms with Crippen molar-refractivity contribution in [3.63, 3.8) is 0 Å². The maximum absolute atomic E-state index is 2.34. The molecule has 5 heteroatoms. The molecule has 0 fully saturated rings. The number of nitrogens with zero attached hydrogens (tertiary/aromatic N) is 2. The Balaban J connectivity index is 0.00000264. The van der Waals surface area contributed by atoms with E-state index in [2.05, 4.69) is 139 Å². The van der Waals surface area contributed by atoms with E-state index in [-0.39, 0.29) is 12.4 Å².